The van der Waals surface area contributed by atoms with E-state index in [0.29, 0.717) is 18.0 Å². The topological polar surface area (TPSA) is 32.3 Å². The fraction of sp³-hybridized carbons (Fsp3) is 0.625. The molecule has 0 amide bonds. The molecule has 3 atom stereocenters. The van der Waals surface area contributed by atoms with Crippen LogP contribution in [0.2, 0.25) is 0 Å². The van der Waals surface area contributed by atoms with Crippen molar-refractivity contribution in [2.45, 2.75) is 44.5 Å². The molecule has 0 heterocycles. The van der Waals surface area contributed by atoms with Crippen LogP contribution in [-0.2, 0) is 0 Å². The summed E-state index contributed by atoms with van der Waals surface area (Å²) in [5, 5.41) is 13.3. The molecule has 1 aromatic carbocycles. The van der Waals surface area contributed by atoms with E-state index in [0.717, 1.165) is 6.42 Å². The van der Waals surface area contributed by atoms with Crippen LogP contribution in [0.15, 0.2) is 30.3 Å². The average molecular weight is 281 g/mol. The number of hydrogen-bond donors (Lipinski definition) is 2. The van der Waals surface area contributed by atoms with E-state index in [1.54, 1.807) is 11.8 Å². The van der Waals surface area contributed by atoms with Crippen LogP contribution in [0.5, 0.6) is 0 Å². The van der Waals surface area contributed by atoms with Crippen LogP contribution in [0.1, 0.15) is 38.8 Å². The summed E-state index contributed by atoms with van der Waals surface area (Å²) in [5.74, 6) is 0.645. The van der Waals surface area contributed by atoms with Crippen molar-refractivity contribution in [3.8, 4) is 0 Å². The van der Waals surface area contributed by atoms with Crippen molar-refractivity contribution < 1.29 is 5.11 Å². The maximum Gasteiger partial charge on any atom is 0.0564 e. The van der Waals surface area contributed by atoms with Crippen molar-refractivity contribution in [1.29, 1.82) is 0 Å². The quantitative estimate of drug-likeness (QED) is 0.765. The van der Waals surface area contributed by atoms with Gasteiger partial charge in [0.25, 0.3) is 0 Å². The van der Waals surface area contributed by atoms with Gasteiger partial charge in [-0.25, -0.2) is 0 Å². The van der Waals surface area contributed by atoms with Crippen LogP contribution in [-0.4, -0.2) is 29.3 Å². The minimum Gasteiger partial charge on any atom is -0.395 e. The van der Waals surface area contributed by atoms with E-state index in [-0.39, 0.29) is 11.9 Å². The third-order valence-electron chi connectivity index (χ3n) is 3.41. The molecular weight excluding hydrogens is 254 g/mol. The number of thioether (sulfide) groups is 1. The highest BCUT2D eigenvalue weighted by molar-refractivity contribution is 7.99. The number of hydrogen-bond acceptors (Lipinski definition) is 3. The Bertz CT molecular complexity index is 338. The minimum atomic E-state index is 0.221. The second-order valence-electron chi connectivity index (χ2n) is 5.50. The Balaban J connectivity index is 2.75. The number of benzene rings is 1. The molecule has 0 aliphatic heterocycles. The van der Waals surface area contributed by atoms with Gasteiger partial charge in [0.1, 0.15) is 0 Å². The maximum absolute atomic E-state index is 9.40. The first-order valence-corrected chi connectivity index (χ1v) is 8.31. The van der Waals surface area contributed by atoms with E-state index in [2.05, 4.69) is 62.7 Å². The maximum atomic E-state index is 9.40. The van der Waals surface area contributed by atoms with E-state index in [1.165, 1.54) is 5.56 Å². The SMILES string of the molecule is CSC(CO)C(C)NC(CC(C)C)c1ccccc1. The van der Waals surface area contributed by atoms with Crippen molar-refractivity contribution in [1.82, 2.24) is 5.32 Å². The van der Waals surface area contributed by atoms with Gasteiger partial charge >= 0.3 is 0 Å². The molecule has 3 unspecified atom stereocenters. The van der Waals surface area contributed by atoms with Gasteiger partial charge in [-0.15, -0.1) is 0 Å². The predicted octanol–water partition coefficient (Wildman–Crippen LogP) is 3.48. The fourth-order valence-corrected chi connectivity index (χ4v) is 2.95. The van der Waals surface area contributed by atoms with Crippen LogP contribution in [0.4, 0.5) is 0 Å². The second-order valence-corrected chi connectivity index (χ2v) is 6.58. The molecule has 0 aliphatic rings. The van der Waals surface area contributed by atoms with Crippen molar-refractivity contribution >= 4 is 11.8 Å². The normalized spacial score (nSPS) is 16.3. The summed E-state index contributed by atoms with van der Waals surface area (Å²) in [4.78, 5) is 0. The number of nitrogens with one attached hydrogen (secondary N) is 1. The van der Waals surface area contributed by atoms with Gasteiger partial charge in [-0.2, -0.15) is 11.8 Å². The summed E-state index contributed by atoms with van der Waals surface area (Å²) < 4.78 is 0. The zero-order valence-electron chi connectivity index (χ0n) is 12.5. The first kappa shape index (κ1) is 16.5. The van der Waals surface area contributed by atoms with Gasteiger partial charge in [0.15, 0.2) is 0 Å². The summed E-state index contributed by atoms with van der Waals surface area (Å²) >= 11 is 1.72. The molecule has 2 nitrogen and oxygen atoms in total. The van der Waals surface area contributed by atoms with E-state index in [1.807, 2.05) is 0 Å². The largest absolute Gasteiger partial charge is 0.395 e. The van der Waals surface area contributed by atoms with Crippen molar-refractivity contribution in [3.63, 3.8) is 0 Å². The lowest BCUT2D eigenvalue weighted by Gasteiger charge is -2.29. The summed E-state index contributed by atoms with van der Waals surface area (Å²) in [5.41, 5.74) is 1.33. The molecule has 2 N–H and O–H groups in total. The third-order valence-corrected chi connectivity index (χ3v) is 4.58. The van der Waals surface area contributed by atoms with Crippen LogP contribution < -0.4 is 5.32 Å². The standard InChI is InChI=1S/C16H27NOS/c1-12(2)10-15(14-8-6-5-7-9-14)17-13(3)16(11-18)19-4/h5-9,12-13,15-18H,10-11H2,1-4H3. The number of aliphatic hydroxyl groups excluding tert-OH is 1. The highest BCUT2D eigenvalue weighted by Gasteiger charge is 2.20. The van der Waals surface area contributed by atoms with Crippen LogP contribution in [0, 0.1) is 5.92 Å². The monoisotopic (exact) mass is 281 g/mol. The molecule has 0 aliphatic carbocycles. The van der Waals surface area contributed by atoms with Crippen LogP contribution >= 0.6 is 11.8 Å². The minimum absolute atomic E-state index is 0.221. The highest BCUT2D eigenvalue weighted by atomic mass is 32.2. The van der Waals surface area contributed by atoms with Gasteiger partial charge in [0.2, 0.25) is 0 Å². The lowest BCUT2D eigenvalue weighted by molar-refractivity contribution is 0.266. The van der Waals surface area contributed by atoms with E-state index in [9.17, 15) is 5.11 Å². The van der Waals surface area contributed by atoms with Crippen molar-refractivity contribution in [2.24, 2.45) is 5.92 Å². The van der Waals surface area contributed by atoms with Gasteiger partial charge < -0.3 is 10.4 Å². The Hall–Kier alpha value is -0.510. The van der Waals surface area contributed by atoms with E-state index >= 15 is 0 Å². The number of rotatable bonds is 8. The second kappa shape index (κ2) is 8.62. The molecule has 108 valence electrons. The molecule has 0 saturated heterocycles. The molecule has 0 spiro atoms. The molecular formula is C16H27NOS. The van der Waals surface area contributed by atoms with Crippen LogP contribution in [0.3, 0.4) is 0 Å². The molecule has 1 rings (SSSR count). The Morgan fingerprint density at radius 3 is 2.26 bits per heavy atom. The zero-order valence-corrected chi connectivity index (χ0v) is 13.3. The molecule has 0 fully saturated rings. The first-order chi connectivity index (χ1) is 9.08. The summed E-state index contributed by atoms with van der Waals surface area (Å²) in [7, 11) is 0. The predicted molar refractivity (Wildman–Crippen MR) is 85.6 cm³/mol. The molecule has 19 heavy (non-hydrogen) atoms. The fourth-order valence-electron chi connectivity index (χ4n) is 2.32. The average Bonchev–Trinajstić information content (AvgIpc) is 2.40. The summed E-state index contributed by atoms with van der Waals surface area (Å²) in [6.07, 6.45) is 3.17. The molecule has 0 radical (unpaired) electrons. The highest BCUT2D eigenvalue weighted by Crippen LogP contribution is 2.23. The molecule has 3 heteroatoms. The molecule has 1 aromatic rings. The molecule has 0 saturated carbocycles. The van der Waals surface area contributed by atoms with E-state index in [4.69, 9.17) is 0 Å². The smallest absolute Gasteiger partial charge is 0.0564 e. The third kappa shape index (κ3) is 5.55. The van der Waals surface area contributed by atoms with Gasteiger partial charge in [-0.3, -0.25) is 0 Å². The Morgan fingerprint density at radius 1 is 1.16 bits per heavy atom. The van der Waals surface area contributed by atoms with Gasteiger partial charge in [-0.1, -0.05) is 44.2 Å². The first-order valence-electron chi connectivity index (χ1n) is 7.03. The van der Waals surface area contributed by atoms with Crippen molar-refractivity contribution in [3.05, 3.63) is 35.9 Å². The Morgan fingerprint density at radius 2 is 1.79 bits per heavy atom. The van der Waals surface area contributed by atoms with Gasteiger partial charge in [-0.05, 0) is 31.1 Å². The zero-order chi connectivity index (χ0) is 14.3. The van der Waals surface area contributed by atoms with Crippen LogP contribution in [0.25, 0.3) is 0 Å². The van der Waals surface area contributed by atoms with Crippen molar-refractivity contribution in [2.75, 3.05) is 12.9 Å². The Labute approximate surface area is 122 Å². The van der Waals surface area contributed by atoms with Gasteiger partial charge in [0.05, 0.1) is 6.61 Å². The lowest BCUT2D eigenvalue weighted by atomic mass is 9.96. The Kier molecular flexibility index (Phi) is 7.51. The molecule has 0 bridgehead atoms. The van der Waals surface area contributed by atoms with E-state index < -0.39 is 0 Å². The molecule has 0 aromatic heterocycles. The summed E-state index contributed by atoms with van der Waals surface area (Å²) in [6, 6.07) is 11.2. The lowest BCUT2D eigenvalue weighted by Crippen LogP contribution is -2.40. The number of aliphatic hydroxyl groups is 1. The summed E-state index contributed by atoms with van der Waals surface area (Å²) in [6.45, 7) is 6.88. The van der Waals surface area contributed by atoms with Gasteiger partial charge in [0, 0.05) is 17.3 Å².